The lowest BCUT2D eigenvalue weighted by Gasteiger charge is -2.08. The van der Waals surface area contributed by atoms with E-state index in [1.54, 1.807) is 31.2 Å². The predicted molar refractivity (Wildman–Crippen MR) is 71.2 cm³/mol. The predicted octanol–water partition coefficient (Wildman–Crippen LogP) is 1.77. The molecule has 0 saturated carbocycles. The average Bonchev–Trinajstić information content (AvgIpc) is 2.43. The highest BCUT2D eigenvalue weighted by Crippen LogP contribution is 2.13. The number of nitrogens with one attached hydrogen (secondary N) is 1. The van der Waals surface area contributed by atoms with Crippen LogP contribution in [0.4, 0.5) is 0 Å². The Labute approximate surface area is 112 Å². The maximum Gasteiger partial charge on any atom is 0.344 e. The number of benzene rings is 1. The number of amides is 1. The number of carbonyl (C=O) groups is 2. The highest BCUT2D eigenvalue weighted by atomic mass is 16.6. The van der Waals surface area contributed by atoms with Crippen LogP contribution in [-0.2, 0) is 9.53 Å². The van der Waals surface area contributed by atoms with Gasteiger partial charge >= 0.3 is 5.97 Å². The summed E-state index contributed by atoms with van der Waals surface area (Å²) in [6.07, 6.45) is 0.880. The number of ether oxygens (including phenoxy) is 2. The van der Waals surface area contributed by atoms with E-state index >= 15 is 0 Å². The number of rotatable bonds is 7. The topological polar surface area (TPSA) is 64.6 Å². The molecule has 5 nitrogen and oxygen atoms in total. The highest BCUT2D eigenvalue weighted by Gasteiger charge is 2.07. The molecule has 1 amide bonds. The molecule has 0 spiro atoms. The van der Waals surface area contributed by atoms with Gasteiger partial charge in [0.2, 0.25) is 0 Å². The molecule has 5 heteroatoms. The first-order valence-electron chi connectivity index (χ1n) is 6.34. The largest absolute Gasteiger partial charge is 0.482 e. The molecule has 0 fully saturated rings. The Kier molecular flexibility index (Phi) is 6.43. The summed E-state index contributed by atoms with van der Waals surface area (Å²) in [6.45, 7) is 4.51. The van der Waals surface area contributed by atoms with Crippen molar-refractivity contribution in [2.45, 2.75) is 20.3 Å². The van der Waals surface area contributed by atoms with Crippen molar-refractivity contribution in [1.82, 2.24) is 5.32 Å². The van der Waals surface area contributed by atoms with Gasteiger partial charge in [-0.3, -0.25) is 4.79 Å². The molecule has 0 unspecified atom stereocenters. The summed E-state index contributed by atoms with van der Waals surface area (Å²) in [6, 6.07) is 6.70. The van der Waals surface area contributed by atoms with E-state index in [1.807, 2.05) is 6.92 Å². The number of hydrogen-bond donors (Lipinski definition) is 1. The molecule has 0 heterocycles. The summed E-state index contributed by atoms with van der Waals surface area (Å²) in [4.78, 5) is 22.9. The molecule has 0 aliphatic rings. The fraction of sp³-hybridized carbons (Fsp3) is 0.429. The second-order valence-corrected chi connectivity index (χ2v) is 3.88. The lowest BCUT2D eigenvalue weighted by Crippen LogP contribution is -2.24. The molecule has 0 aliphatic heterocycles. The van der Waals surface area contributed by atoms with Gasteiger partial charge < -0.3 is 14.8 Å². The smallest absolute Gasteiger partial charge is 0.344 e. The standard InChI is InChI=1S/C14H19NO4/c1-3-8-15-14(17)11-6-5-7-12(9-11)19-10-13(16)18-4-2/h5-7,9H,3-4,8,10H2,1-2H3,(H,15,17). The lowest BCUT2D eigenvalue weighted by atomic mass is 10.2. The SMILES string of the molecule is CCCNC(=O)c1cccc(OCC(=O)OCC)c1. The molecule has 1 N–H and O–H groups in total. The van der Waals surface area contributed by atoms with Crippen LogP contribution < -0.4 is 10.1 Å². The van der Waals surface area contributed by atoms with Crippen LogP contribution in [0.5, 0.6) is 5.75 Å². The molecule has 1 aromatic carbocycles. The summed E-state index contributed by atoms with van der Waals surface area (Å²) in [5, 5.41) is 2.77. The van der Waals surface area contributed by atoms with Gasteiger partial charge in [-0.15, -0.1) is 0 Å². The van der Waals surface area contributed by atoms with E-state index < -0.39 is 5.97 Å². The van der Waals surface area contributed by atoms with Crippen LogP contribution in [0.1, 0.15) is 30.6 Å². The van der Waals surface area contributed by atoms with Crippen LogP contribution in [0.15, 0.2) is 24.3 Å². The molecule has 0 aromatic heterocycles. The zero-order chi connectivity index (χ0) is 14.1. The third-order valence-electron chi connectivity index (χ3n) is 2.29. The minimum Gasteiger partial charge on any atom is -0.482 e. The van der Waals surface area contributed by atoms with Crippen molar-refractivity contribution in [3.05, 3.63) is 29.8 Å². The number of hydrogen-bond acceptors (Lipinski definition) is 4. The molecular formula is C14H19NO4. The van der Waals surface area contributed by atoms with Crippen LogP contribution in [0, 0.1) is 0 Å². The van der Waals surface area contributed by atoms with Gasteiger partial charge in [0.25, 0.3) is 5.91 Å². The highest BCUT2D eigenvalue weighted by molar-refractivity contribution is 5.94. The van der Waals surface area contributed by atoms with Crippen molar-refractivity contribution < 1.29 is 19.1 Å². The van der Waals surface area contributed by atoms with Crippen LogP contribution >= 0.6 is 0 Å². The summed E-state index contributed by atoms with van der Waals surface area (Å²) in [5.74, 6) is -0.107. The van der Waals surface area contributed by atoms with E-state index in [4.69, 9.17) is 9.47 Å². The van der Waals surface area contributed by atoms with E-state index in [9.17, 15) is 9.59 Å². The Morgan fingerprint density at radius 3 is 2.74 bits per heavy atom. The second-order valence-electron chi connectivity index (χ2n) is 3.88. The van der Waals surface area contributed by atoms with Crippen molar-refractivity contribution >= 4 is 11.9 Å². The maximum absolute atomic E-state index is 11.7. The van der Waals surface area contributed by atoms with Gasteiger partial charge in [-0.1, -0.05) is 13.0 Å². The molecule has 19 heavy (non-hydrogen) atoms. The van der Waals surface area contributed by atoms with Crippen LogP contribution in [-0.4, -0.2) is 31.6 Å². The Bertz CT molecular complexity index is 431. The molecule has 0 atom stereocenters. The average molecular weight is 265 g/mol. The van der Waals surface area contributed by atoms with Gasteiger partial charge in [-0.2, -0.15) is 0 Å². The van der Waals surface area contributed by atoms with Crippen molar-refractivity contribution in [2.75, 3.05) is 19.8 Å². The van der Waals surface area contributed by atoms with Crippen LogP contribution in [0.2, 0.25) is 0 Å². The second kappa shape index (κ2) is 8.13. The fourth-order valence-corrected chi connectivity index (χ4v) is 1.41. The Morgan fingerprint density at radius 2 is 2.05 bits per heavy atom. The van der Waals surface area contributed by atoms with E-state index in [1.165, 1.54) is 0 Å². The molecule has 0 aliphatic carbocycles. The van der Waals surface area contributed by atoms with Gasteiger partial charge in [0.05, 0.1) is 6.61 Å². The Hall–Kier alpha value is -2.04. The van der Waals surface area contributed by atoms with Gasteiger partial charge in [-0.25, -0.2) is 4.79 Å². The zero-order valence-corrected chi connectivity index (χ0v) is 11.3. The van der Waals surface area contributed by atoms with Crippen molar-refractivity contribution in [1.29, 1.82) is 0 Å². The fourth-order valence-electron chi connectivity index (χ4n) is 1.41. The number of esters is 1. The quantitative estimate of drug-likeness (QED) is 0.763. The molecule has 0 saturated heterocycles. The normalized spacial score (nSPS) is 9.79. The lowest BCUT2D eigenvalue weighted by molar-refractivity contribution is -0.145. The first-order valence-corrected chi connectivity index (χ1v) is 6.34. The van der Waals surface area contributed by atoms with E-state index in [2.05, 4.69) is 5.32 Å². The van der Waals surface area contributed by atoms with E-state index in [0.717, 1.165) is 6.42 Å². The summed E-state index contributed by atoms with van der Waals surface area (Å²) in [5.41, 5.74) is 0.509. The monoisotopic (exact) mass is 265 g/mol. The minimum atomic E-state index is -0.427. The number of carbonyl (C=O) groups excluding carboxylic acids is 2. The molecule has 0 radical (unpaired) electrons. The van der Waals surface area contributed by atoms with Gasteiger partial charge in [-0.05, 0) is 31.5 Å². The van der Waals surface area contributed by atoms with Crippen LogP contribution in [0.25, 0.3) is 0 Å². The van der Waals surface area contributed by atoms with E-state index in [0.29, 0.717) is 24.5 Å². The summed E-state index contributed by atoms with van der Waals surface area (Å²) in [7, 11) is 0. The third kappa shape index (κ3) is 5.42. The Balaban J connectivity index is 2.56. The molecule has 1 rings (SSSR count). The van der Waals surface area contributed by atoms with Crippen LogP contribution in [0.3, 0.4) is 0 Å². The zero-order valence-electron chi connectivity index (χ0n) is 11.3. The van der Waals surface area contributed by atoms with Crippen molar-refractivity contribution in [2.24, 2.45) is 0 Å². The van der Waals surface area contributed by atoms with Gasteiger partial charge in [0.1, 0.15) is 5.75 Å². The van der Waals surface area contributed by atoms with Gasteiger partial charge in [0.15, 0.2) is 6.61 Å². The Morgan fingerprint density at radius 1 is 1.26 bits per heavy atom. The van der Waals surface area contributed by atoms with E-state index in [-0.39, 0.29) is 12.5 Å². The summed E-state index contributed by atoms with van der Waals surface area (Å²) < 4.78 is 10.0. The first kappa shape index (κ1) is 15.0. The molecule has 104 valence electrons. The first-order chi connectivity index (χ1) is 9.17. The molecule has 0 bridgehead atoms. The summed E-state index contributed by atoms with van der Waals surface area (Å²) >= 11 is 0. The maximum atomic E-state index is 11.7. The van der Waals surface area contributed by atoms with Crippen molar-refractivity contribution in [3.63, 3.8) is 0 Å². The third-order valence-corrected chi connectivity index (χ3v) is 2.29. The van der Waals surface area contributed by atoms with Crippen molar-refractivity contribution in [3.8, 4) is 5.75 Å². The van der Waals surface area contributed by atoms with Gasteiger partial charge in [0, 0.05) is 12.1 Å². The minimum absolute atomic E-state index is 0.150. The molecule has 1 aromatic rings. The molecular weight excluding hydrogens is 246 g/mol.